The number of alkyl halides is 1. The number of benzene rings is 2. The molecule has 0 atom stereocenters. The van der Waals surface area contributed by atoms with Crippen molar-refractivity contribution in [3.8, 4) is 0 Å². The molecule has 0 bridgehead atoms. The second-order valence-corrected chi connectivity index (χ2v) is 7.42. The smallest absolute Gasteiger partial charge is 0.258 e. The molecule has 6 nitrogen and oxygen atoms in total. The van der Waals surface area contributed by atoms with Gasteiger partial charge in [-0.05, 0) is 43.0 Å². The Morgan fingerprint density at radius 1 is 0.800 bits per heavy atom. The van der Waals surface area contributed by atoms with E-state index in [2.05, 4.69) is 47.8 Å². The van der Waals surface area contributed by atoms with E-state index in [-0.39, 0.29) is 21.2 Å². The molecule has 2 aromatic rings. The minimum Gasteiger partial charge on any atom is -0.258 e. The molecule has 0 saturated heterocycles. The Morgan fingerprint density at radius 3 is 1.52 bits per heavy atom. The molecule has 0 spiro atoms. The van der Waals surface area contributed by atoms with Gasteiger partial charge in [0.05, 0.1) is 9.85 Å². The van der Waals surface area contributed by atoms with E-state index >= 15 is 0 Å². The van der Waals surface area contributed by atoms with E-state index in [0.29, 0.717) is 5.33 Å². The fourth-order valence-electron chi connectivity index (χ4n) is 2.05. The van der Waals surface area contributed by atoms with Crippen molar-refractivity contribution >= 4 is 59.2 Å². The maximum absolute atomic E-state index is 10.5. The lowest BCUT2D eigenvalue weighted by Gasteiger charge is -2.03. The van der Waals surface area contributed by atoms with Gasteiger partial charge < -0.3 is 0 Å². The predicted octanol–water partition coefficient (Wildman–Crippen LogP) is 6.53. The van der Waals surface area contributed by atoms with Crippen LogP contribution in [-0.2, 0) is 5.33 Å². The molecule has 0 saturated carbocycles. The predicted molar refractivity (Wildman–Crippen MR) is 108 cm³/mol. The number of hydrogen-bond acceptors (Lipinski definition) is 4. The molecule has 0 heterocycles. The fraction of sp³-hybridized carbons (Fsp3) is 0.250. The van der Waals surface area contributed by atoms with Gasteiger partial charge in [-0.2, -0.15) is 0 Å². The van der Waals surface area contributed by atoms with E-state index in [1.807, 2.05) is 20.8 Å². The van der Waals surface area contributed by atoms with Crippen molar-refractivity contribution in [1.29, 1.82) is 0 Å². The highest BCUT2D eigenvalue weighted by molar-refractivity contribution is 9.11. The largest absolute Gasteiger partial charge is 0.270 e. The third-order valence-electron chi connectivity index (χ3n) is 3.30. The molecule has 0 unspecified atom stereocenters. The summed E-state index contributed by atoms with van der Waals surface area (Å²) < 4.78 is 1.86. The lowest BCUT2D eigenvalue weighted by Crippen LogP contribution is -1.92. The number of aryl methyl sites for hydroxylation is 3. The van der Waals surface area contributed by atoms with E-state index in [4.69, 9.17) is 0 Å². The molecule has 0 amide bonds. The van der Waals surface area contributed by atoms with Crippen LogP contribution in [0, 0.1) is 41.0 Å². The van der Waals surface area contributed by atoms with E-state index in [9.17, 15) is 20.2 Å². The topological polar surface area (TPSA) is 86.3 Å². The number of halogens is 3. The normalized spacial score (nSPS) is 10.0. The van der Waals surface area contributed by atoms with Gasteiger partial charge in [0.2, 0.25) is 0 Å². The van der Waals surface area contributed by atoms with Crippen LogP contribution in [0.2, 0.25) is 0 Å². The molecular formula is C16H15Br3N2O4. The first-order chi connectivity index (χ1) is 11.6. The van der Waals surface area contributed by atoms with E-state index in [1.165, 1.54) is 0 Å². The van der Waals surface area contributed by atoms with Gasteiger partial charge in [0.25, 0.3) is 11.4 Å². The van der Waals surface area contributed by atoms with Crippen LogP contribution in [0.25, 0.3) is 0 Å². The molecule has 0 aliphatic rings. The molecule has 0 aliphatic carbocycles. The maximum Gasteiger partial charge on any atom is 0.270 e. The number of nitro benzene ring substituents is 2. The summed E-state index contributed by atoms with van der Waals surface area (Å²) >= 11 is 9.98. The summed E-state index contributed by atoms with van der Waals surface area (Å²) in [6, 6.07) is 6.22. The first kappa shape index (κ1) is 21.7. The van der Waals surface area contributed by atoms with E-state index < -0.39 is 0 Å². The van der Waals surface area contributed by atoms with Crippen molar-refractivity contribution in [3.05, 3.63) is 75.7 Å². The molecule has 134 valence electrons. The van der Waals surface area contributed by atoms with Crippen molar-refractivity contribution in [2.45, 2.75) is 26.1 Å². The summed E-state index contributed by atoms with van der Waals surface area (Å²) in [6.45, 7) is 5.51. The highest BCUT2D eigenvalue weighted by Crippen LogP contribution is 2.28. The van der Waals surface area contributed by atoms with Crippen LogP contribution >= 0.6 is 47.8 Å². The van der Waals surface area contributed by atoms with Crippen LogP contribution in [-0.4, -0.2) is 9.85 Å². The Labute approximate surface area is 170 Å². The van der Waals surface area contributed by atoms with Crippen LogP contribution in [0.1, 0.15) is 22.3 Å². The second-order valence-electron chi connectivity index (χ2n) is 5.28. The lowest BCUT2D eigenvalue weighted by atomic mass is 10.1. The maximum atomic E-state index is 10.5. The average molecular weight is 539 g/mol. The van der Waals surface area contributed by atoms with E-state index in [0.717, 1.165) is 31.2 Å². The van der Waals surface area contributed by atoms with Crippen molar-refractivity contribution in [1.82, 2.24) is 0 Å². The van der Waals surface area contributed by atoms with Gasteiger partial charge in [-0.25, -0.2) is 0 Å². The summed E-state index contributed by atoms with van der Waals surface area (Å²) in [5.74, 6) is 0. The number of nitrogens with zero attached hydrogens (tertiary/aromatic N) is 2. The number of nitro groups is 2. The summed E-state index contributed by atoms with van der Waals surface area (Å²) in [4.78, 5) is 20.1. The number of hydrogen-bond donors (Lipinski definition) is 0. The summed E-state index contributed by atoms with van der Waals surface area (Å²) in [5, 5.41) is 21.5. The Hall–Kier alpha value is -1.32. The highest BCUT2D eigenvalue weighted by atomic mass is 79.9. The first-order valence-electron chi connectivity index (χ1n) is 6.99. The zero-order valence-corrected chi connectivity index (χ0v) is 18.4. The molecule has 0 fully saturated rings. The van der Waals surface area contributed by atoms with Crippen LogP contribution in [0.4, 0.5) is 11.4 Å². The SMILES string of the molecule is Cc1cc([N+](=O)[O-])cc(C)c1Br.Cc1cc([N+](=O)[O-])cc(CBr)c1Br. The minimum absolute atomic E-state index is 0.134. The third-order valence-corrected chi connectivity index (χ3v) is 6.29. The quantitative estimate of drug-likeness (QED) is 0.252. The van der Waals surface area contributed by atoms with Gasteiger partial charge in [0.1, 0.15) is 0 Å². The Morgan fingerprint density at radius 2 is 1.16 bits per heavy atom. The molecule has 0 aromatic heterocycles. The van der Waals surface area contributed by atoms with Crippen molar-refractivity contribution in [2.24, 2.45) is 0 Å². The minimum atomic E-state index is -0.383. The summed E-state index contributed by atoms with van der Waals surface area (Å²) in [5.41, 5.74) is 3.84. The monoisotopic (exact) mass is 536 g/mol. The van der Waals surface area contributed by atoms with Crippen LogP contribution in [0.3, 0.4) is 0 Å². The molecule has 25 heavy (non-hydrogen) atoms. The van der Waals surface area contributed by atoms with E-state index in [1.54, 1.807) is 24.3 Å². The molecule has 0 aliphatic heterocycles. The Balaban J connectivity index is 0.000000251. The Bertz CT molecular complexity index is 802. The zero-order valence-electron chi connectivity index (χ0n) is 13.7. The first-order valence-corrected chi connectivity index (χ1v) is 9.69. The number of non-ortho nitro benzene ring substituents is 2. The van der Waals surface area contributed by atoms with Crippen LogP contribution in [0.5, 0.6) is 0 Å². The van der Waals surface area contributed by atoms with Crippen molar-refractivity contribution < 1.29 is 9.85 Å². The number of rotatable bonds is 3. The van der Waals surface area contributed by atoms with Crippen molar-refractivity contribution in [3.63, 3.8) is 0 Å². The zero-order chi connectivity index (χ0) is 19.3. The van der Waals surface area contributed by atoms with Gasteiger partial charge in [-0.15, -0.1) is 0 Å². The van der Waals surface area contributed by atoms with Gasteiger partial charge >= 0.3 is 0 Å². The Kier molecular flexibility index (Phi) is 8.17. The molecule has 0 N–H and O–H groups in total. The van der Waals surface area contributed by atoms with Gasteiger partial charge in [-0.3, -0.25) is 20.2 Å². The molecule has 2 rings (SSSR count). The molecule has 0 radical (unpaired) electrons. The fourth-order valence-corrected chi connectivity index (χ4v) is 3.47. The van der Waals surface area contributed by atoms with Gasteiger partial charge in [0.15, 0.2) is 0 Å². The van der Waals surface area contributed by atoms with Crippen LogP contribution < -0.4 is 0 Å². The highest BCUT2D eigenvalue weighted by Gasteiger charge is 2.11. The average Bonchev–Trinajstić information content (AvgIpc) is 2.54. The molecule has 2 aromatic carbocycles. The molecule has 9 heteroatoms. The standard InChI is InChI=1S/C8H7Br2NO2.C8H8BrNO2/c1-5-2-7(11(12)13)3-6(4-9)8(5)10;1-5-3-7(10(11)12)4-6(2)8(5)9/h2-3H,4H2,1H3;3-4H,1-2H3. The van der Waals surface area contributed by atoms with Gasteiger partial charge in [-0.1, -0.05) is 47.8 Å². The second kappa shape index (κ2) is 9.40. The molecular weight excluding hydrogens is 524 g/mol. The van der Waals surface area contributed by atoms with Crippen LogP contribution in [0.15, 0.2) is 33.2 Å². The summed E-state index contributed by atoms with van der Waals surface area (Å²) in [6.07, 6.45) is 0. The van der Waals surface area contributed by atoms with Gasteiger partial charge in [0, 0.05) is 38.5 Å². The third kappa shape index (κ3) is 5.86. The van der Waals surface area contributed by atoms with Crippen molar-refractivity contribution in [2.75, 3.05) is 0 Å². The lowest BCUT2D eigenvalue weighted by molar-refractivity contribution is -0.385. The summed E-state index contributed by atoms with van der Waals surface area (Å²) in [7, 11) is 0.